The second kappa shape index (κ2) is 8.58. The smallest absolute Gasteiger partial charge is 0.226 e. The van der Waals surface area contributed by atoms with Crippen LogP contribution in [0.25, 0.3) is 0 Å². The SMILES string of the molecule is Cc1cccc(Cc2cnc(NC(=O)CCCc3ccccc3)s2)c1. The molecule has 0 aliphatic rings. The molecule has 0 saturated carbocycles. The average Bonchev–Trinajstić information content (AvgIpc) is 3.02. The van der Waals surface area contributed by atoms with Gasteiger partial charge in [0.15, 0.2) is 5.13 Å². The number of hydrogen-bond donors (Lipinski definition) is 1. The Morgan fingerprint density at radius 3 is 2.68 bits per heavy atom. The molecule has 0 unspecified atom stereocenters. The van der Waals surface area contributed by atoms with E-state index in [1.54, 1.807) is 11.3 Å². The normalized spacial score (nSPS) is 10.6. The number of thiazole rings is 1. The minimum atomic E-state index is 0.0346. The second-order valence-electron chi connectivity index (χ2n) is 6.18. The fourth-order valence-electron chi connectivity index (χ4n) is 2.75. The third-order valence-electron chi connectivity index (χ3n) is 3.97. The number of anilines is 1. The number of nitrogens with one attached hydrogen (secondary N) is 1. The lowest BCUT2D eigenvalue weighted by Gasteiger charge is -2.02. The van der Waals surface area contributed by atoms with Gasteiger partial charge in [-0.2, -0.15) is 0 Å². The molecule has 0 fully saturated rings. The van der Waals surface area contributed by atoms with Crippen LogP contribution in [0.4, 0.5) is 5.13 Å². The molecule has 0 aliphatic carbocycles. The third-order valence-corrected chi connectivity index (χ3v) is 4.89. The summed E-state index contributed by atoms with van der Waals surface area (Å²) in [7, 11) is 0. The number of carbonyl (C=O) groups is 1. The van der Waals surface area contributed by atoms with Crippen LogP contribution in [0.1, 0.15) is 34.4 Å². The van der Waals surface area contributed by atoms with Gasteiger partial charge in [0.25, 0.3) is 0 Å². The first kappa shape index (κ1) is 17.4. The molecule has 3 nitrogen and oxygen atoms in total. The van der Waals surface area contributed by atoms with Gasteiger partial charge in [-0.1, -0.05) is 60.2 Å². The maximum atomic E-state index is 12.1. The first-order valence-electron chi connectivity index (χ1n) is 8.53. The molecule has 0 spiro atoms. The summed E-state index contributed by atoms with van der Waals surface area (Å²) in [4.78, 5) is 17.6. The molecule has 1 heterocycles. The quantitative estimate of drug-likeness (QED) is 0.651. The molecule has 0 bridgehead atoms. The van der Waals surface area contributed by atoms with E-state index in [1.807, 2.05) is 24.4 Å². The van der Waals surface area contributed by atoms with Gasteiger partial charge in [0.05, 0.1) is 0 Å². The molecule has 3 rings (SSSR count). The van der Waals surface area contributed by atoms with E-state index in [-0.39, 0.29) is 5.91 Å². The Labute approximate surface area is 152 Å². The van der Waals surface area contributed by atoms with Crippen molar-refractivity contribution in [2.45, 2.75) is 32.6 Å². The van der Waals surface area contributed by atoms with Gasteiger partial charge in [-0.15, -0.1) is 11.3 Å². The van der Waals surface area contributed by atoms with Crippen LogP contribution in [0.3, 0.4) is 0 Å². The minimum absolute atomic E-state index is 0.0346. The van der Waals surface area contributed by atoms with Crippen molar-refractivity contribution in [3.05, 3.63) is 82.4 Å². The van der Waals surface area contributed by atoms with E-state index in [4.69, 9.17) is 0 Å². The van der Waals surface area contributed by atoms with E-state index in [2.05, 4.69) is 53.6 Å². The van der Waals surface area contributed by atoms with Crippen LogP contribution in [0.15, 0.2) is 60.8 Å². The molecule has 1 aromatic heterocycles. The summed E-state index contributed by atoms with van der Waals surface area (Å²) < 4.78 is 0. The van der Waals surface area contributed by atoms with E-state index < -0.39 is 0 Å². The minimum Gasteiger partial charge on any atom is -0.302 e. The van der Waals surface area contributed by atoms with Crippen LogP contribution in [0, 0.1) is 6.92 Å². The van der Waals surface area contributed by atoms with Crippen LogP contribution >= 0.6 is 11.3 Å². The summed E-state index contributed by atoms with van der Waals surface area (Å²) in [6.07, 6.45) is 4.99. The van der Waals surface area contributed by atoms with Crippen molar-refractivity contribution in [3.8, 4) is 0 Å². The Balaban J connectivity index is 1.46. The number of rotatable bonds is 7. The highest BCUT2D eigenvalue weighted by Gasteiger charge is 2.07. The number of hydrogen-bond acceptors (Lipinski definition) is 3. The molecule has 25 heavy (non-hydrogen) atoms. The third kappa shape index (κ3) is 5.54. The van der Waals surface area contributed by atoms with Crippen molar-refractivity contribution < 1.29 is 4.79 Å². The number of carbonyl (C=O) groups excluding carboxylic acids is 1. The molecular formula is C21H22N2OS. The van der Waals surface area contributed by atoms with E-state index in [1.165, 1.54) is 16.7 Å². The molecule has 1 N–H and O–H groups in total. The summed E-state index contributed by atoms with van der Waals surface area (Å²) in [6.45, 7) is 2.09. The Hall–Kier alpha value is -2.46. The van der Waals surface area contributed by atoms with Crippen LogP contribution < -0.4 is 5.32 Å². The standard InChI is InChI=1S/C21H22N2OS/c1-16-7-5-11-18(13-16)14-19-15-22-21(25-19)23-20(24)12-6-10-17-8-3-2-4-9-17/h2-5,7-9,11,13,15H,6,10,12,14H2,1H3,(H,22,23,24). The Morgan fingerprint density at radius 2 is 1.88 bits per heavy atom. The Bertz CT molecular complexity index is 827. The predicted octanol–water partition coefficient (Wildman–Crippen LogP) is 5.00. The van der Waals surface area contributed by atoms with E-state index >= 15 is 0 Å². The average molecular weight is 350 g/mol. The van der Waals surface area contributed by atoms with Crippen molar-refractivity contribution in [1.82, 2.24) is 4.98 Å². The van der Waals surface area contributed by atoms with Gasteiger partial charge in [0, 0.05) is 23.9 Å². The molecule has 0 aliphatic heterocycles. The number of aromatic nitrogens is 1. The van der Waals surface area contributed by atoms with Crippen molar-refractivity contribution in [1.29, 1.82) is 0 Å². The van der Waals surface area contributed by atoms with Crippen molar-refractivity contribution in [2.24, 2.45) is 0 Å². The predicted molar refractivity (Wildman–Crippen MR) is 104 cm³/mol. The fourth-order valence-corrected chi connectivity index (χ4v) is 3.61. The summed E-state index contributed by atoms with van der Waals surface area (Å²) >= 11 is 1.55. The van der Waals surface area contributed by atoms with E-state index in [9.17, 15) is 4.79 Å². The molecule has 0 atom stereocenters. The molecule has 3 aromatic rings. The summed E-state index contributed by atoms with van der Waals surface area (Å²) in [6, 6.07) is 18.7. The van der Waals surface area contributed by atoms with Gasteiger partial charge in [-0.3, -0.25) is 4.79 Å². The molecule has 0 saturated heterocycles. The molecule has 1 amide bonds. The van der Waals surface area contributed by atoms with Gasteiger partial charge in [-0.25, -0.2) is 4.98 Å². The number of aryl methyl sites for hydroxylation is 2. The number of benzene rings is 2. The molecule has 0 radical (unpaired) electrons. The highest BCUT2D eigenvalue weighted by Crippen LogP contribution is 2.22. The topological polar surface area (TPSA) is 42.0 Å². The lowest BCUT2D eigenvalue weighted by Crippen LogP contribution is -2.11. The maximum Gasteiger partial charge on any atom is 0.226 e. The first-order chi connectivity index (χ1) is 12.2. The maximum absolute atomic E-state index is 12.1. The van der Waals surface area contributed by atoms with Gasteiger partial charge < -0.3 is 5.32 Å². The van der Waals surface area contributed by atoms with Gasteiger partial charge in [0.1, 0.15) is 0 Å². The lowest BCUT2D eigenvalue weighted by molar-refractivity contribution is -0.116. The van der Waals surface area contributed by atoms with Gasteiger partial charge in [0.2, 0.25) is 5.91 Å². The van der Waals surface area contributed by atoms with Crippen molar-refractivity contribution >= 4 is 22.4 Å². The van der Waals surface area contributed by atoms with E-state index in [0.29, 0.717) is 11.6 Å². The number of nitrogens with zero attached hydrogens (tertiary/aromatic N) is 1. The largest absolute Gasteiger partial charge is 0.302 e. The van der Waals surface area contributed by atoms with Crippen molar-refractivity contribution in [2.75, 3.05) is 5.32 Å². The molecule has 4 heteroatoms. The molecule has 128 valence electrons. The summed E-state index contributed by atoms with van der Waals surface area (Å²) in [5.74, 6) is 0.0346. The zero-order chi connectivity index (χ0) is 17.5. The van der Waals surface area contributed by atoms with Crippen LogP contribution in [-0.2, 0) is 17.6 Å². The van der Waals surface area contributed by atoms with E-state index in [0.717, 1.165) is 24.1 Å². The molecule has 2 aromatic carbocycles. The second-order valence-corrected chi connectivity index (χ2v) is 7.30. The lowest BCUT2D eigenvalue weighted by atomic mass is 10.1. The highest BCUT2D eigenvalue weighted by molar-refractivity contribution is 7.15. The summed E-state index contributed by atoms with van der Waals surface area (Å²) in [5, 5.41) is 3.60. The monoisotopic (exact) mass is 350 g/mol. The van der Waals surface area contributed by atoms with Crippen LogP contribution in [-0.4, -0.2) is 10.9 Å². The first-order valence-corrected chi connectivity index (χ1v) is 9.35. The zero-order valence-corrected chi connectivity index (χ0v) is 15.2. The fraction of sp³-hybridized carbons (Fsp3) is 0.238. The number of amides is 1. The van der Waals surface area contributed by atoms with Crippen LogP contribution in [0.2, 0.25) is 0 Å². The Kier molecular flexibility index (Phi) is 5.96. The Morgan fingerprint density at radius 1 is 1.08 bits per heavy atom. The van der Waals surface area contributed by atoms with Crippen LogP contribution in [0.5, 0.6) is 0 Å². The van der Waals surface area contributed by atoms with Gasteiger partial charge >= 0.3 is 0 Å². The van der Waals surface area contributed by atoms with Gasteiger partial charge in [-0.05, 0) is 30.9 Å². The molecular weight excluding hydrogens is 328 g/mol. The zero-order valence-electron chi connectivity index (χ0n) is 14.4. The summed E-state index contributed by atoms with van der Waals surface area (Å²) in [5.41, 5.74) is 3.79. The van der Waals surface area contributed by atoms with Crippen molar-refractivity contribution in [3.63, 3.8) is 0 Å². The highest BCUT2D eigenvalue weighted by atomic mass is 32.1.